The summed E-state index contributed by atoms with van der Waals surface area (Å²) in [6.45, 7) is 2.16. The van der Waals surface area contributed by atoms with Gasteiger partial charge in [0.05, 0.1) is 6.04 Å². The summed E-state index contributed by atoms with van der Waals surface area (Å²) in [6.07, 6.45) is 3.78. The van der Waals surface area contributed by atoms with Gasteiger partial charge in [0.1, 0.15) is 5.51 Å². The Morgan fingerprint density at radius 1 is 1.29 bits per heavy atom. The van der Waals surface area contributed by atoms with Gasteiger partial charge < -0.3 is 5.32 Å². The number of nitrogens with zero attached hydrogens (tertiary/aromatic N) is 2. The zero-order chi connectivity index (χ0) is 11.7. The summed E-state index contributed by atoms with van der Waals surface area (Å²) in [5.41, 5.74) is 6.13. The van der Waals surface area contributed by atoms with E-state index in [2.05, 4.69) is 40.6 Å². The fourth-order valence-corrected chi connectivity index (χ4v) is 2.90. The zero-order valence-corrected chi connectivity index (χ0v) is 10.6. The Bertz CT molecular complexity index is 507. The van der Waals surface area contributed by atoms with Gasteiger partial charge in [0.15, 0.2) is 0 Å². The second-order valence-corrected chi connectivity index (χ2v) is 5.32. The predicted molar refractivity (Wildman–Crippen MR) is 70.4 cm³/mol. The van der Waals surface area contributed by atoms with E-state index in [-0.39, 0.29) is 6.04 Å². The Morgan fingerprint density at radius 3 is 3.00 bits per heavy atom. The molecule has 1 aliphatic carbocycles. The maximum atomic E-state index is 4.01. The number of aryl methyl sites for hydroxylation is 2. The SMILES string of the molecule is CC(Nc1nncs1)c1ccc2c(c1)CCC2. The Labute approximate surface area is 105 Å². The number of aromatic nitrogens is 2. The van der Waals surface area contributed by atoms with Gasteiger partial charge in [-0.1, -0.05) is 29.5 Å². The second-order valence-electron chi connectivity index (χ2n) is 4.49. The van der Waals surface area contributed by atoms with Crippen LogP contribution in [-0.2, 0) is 12.8 Å². The van der Waals surface area contributed by atoms with Crippen molar-refractivity contribution in [2.75, 3.05) is 5.32 Å². The van der Waals surface area contributed by atoms with E-state index in [0.29, 0.717) is 0 Å². The van der Waals surface area contributed by atoms with Crippen LogP contribution < -0.4 is 5.32 Å². The molecule has 0 amide bonds. The van der Waals surface area contributed by atoms with Gasteiger partial charge in [0.2, 0.25) is 5.13 Å². The van der Waals surface area contributed by atoms with E-state index in [1.165, 1.54) is 47.3 Å². The van der Waals surface area contributed by atoms with Crippen molar-refractivity contribution >= 4 is 16.5 Å². The molecule has 1 aliphatic rings. The molecule has 0 saturated heterocycles. The monoisotopic (exact) mass is 245 g/mol. The first-order chi connectivity index (χ1) is 8.33. The summed E-state index contributed by atoms with van der Waals surface area (Å²) in [4.78, 5) is 0. The summed E-state index contributed by atoms with van der Waals surface area (Å²) in [6, 6.07) is 7.12. The molecule has 1 aromatic carbocycles. The number of rotatable bonds is 3. The molecule has 0 radical (unpaired) electrons. The van der Waals surface area contributed by atoms with Gasteiger partial charge >= 0.3 is 0 Å². The van der Waals surface area contributed by atoms with Gasteiger partial charge in [-0.05, 0) is 42.9 Å². The van der Waals surface area contributed by atoms with E-state index in [0.717, 1.165) is 5.13 Å². The van der Waals surface area contributed by atoms with Gasteiger partial charge in [0, 0.05) is 0 Å². The molecule has 0 aliphatic heterocycles. The molecule has 4 heteroatoms. The number of benzene rings is 1. The molecule has 3 rings (SSSR count). The molecule has 1 atom stereocenters. The molecule has 1 N–H and O–H groups in total. The Balaban J connectivity index is 1.79. The van der Waals surface area contributed by atoms with E-state index in [9.17, 15) is 0 Å². The third-order valence-corrected chi connectivity index (χ3v) is 3.95. The lowest BCUT2D eigenvalue weighted by atomic mass is 10.0. The minimum Gasteiger partial charge on any atom is -0.354 e. The van der Waals surface area contributed by atoms with Crippen LogP contribution in [0, 0.1) is 0 Å². The third-order valence-electron chi connectivity index (χ3n) is 3.32. The summed E-state index contributed by atoms with van der Waals surface area (Å²) >= 11 is 1.54. The topological polar surface area (TPSA) is 37.8 Å². The first-order valence-corrected chi connectivity index (χ1v) is 6.85. The van der Waals surface area contributed by atoms with Crippen LogP contribution in [0.3, 0.4) is 0 Å². The van der Waals surface area contributed by atoms with E-state index in [1.807, 2.05) is 0 Å². The molecular weight excluding hydrogens is 230 g/mol. The van der Waals surface area contributed by atoms with Crippen molar-refractivity contribution in [3.8, 4) is 0 Å². The van der Waals surface area contributed by atoms with Crippen LogP contribution in [0.4, 0.5) is 5.13 Å². The molecule has 0 bridgehead atoms. The van der Waals surface area contributed by atoms with Gasteiger partial charge in [0.25, 0.3) is 0 Å². The van der Waals surface area contributed by atoms with Crippen molar-refractivity contribution < 1.29 is 0 Å². The molecule has 1 unspecified atom stereocenters. The van der Waals surface area contributed by atoms with Crippen molar-refractivity contribution in [2.24, 2.45) is 0 Å². The zero-order valence-electron chi connectivity index (χ0n) is 9.81. The van der Waals surface area contributed by atoms with Crippen molar-refractivity contribution in [2.45, 2.75) is 32.2 Å². The standard InChI is InChI=1S/C13H15N3S/c1-9(15-13-16-14-8-17-13)11-6-5-10-3-2-4-12(10)7-11/h5-9H,2-4H2,1H3,(H,15,16). The van der Waals surface area contributed by atoms with Gasteiger partial charge in [-0.15, -0.1) is 10.2 Å². The highest BCUT2D eigenvalue weighted by Crippen LogP contribution is 2.27. The lowest BCUT2D eigenvalue weighted by Crippen LogP contribution is -2.06. The Morgan fingerprint density at radius 2 is 2.18 bits per heavy atom. The van der Waals surface area contributed by atoms with Gasteiger partial charge in [-0.3, -0.25) is 0 Å². The van der Waals surface area contributed by atoms with Gasteiger partial charge in [-0.25, -0.2) is 0 Å². The minimum absolute atomic E-state index is 0.286. The van der Waals surface area contributed by atoms with Crippen molar-refractivity contribution in [1.82, 2.24) is 10.2 Å². The van der Waals surface area contributed by atoms with Crippen LogP contribution >= 0.6 is 11.3 Å². The number of nitrogens with one attached hydrogen (secondary N) is 1. The second kappa shape index (κ2) is 4.45. The first kappa shape index (κ1) is 10.7. The highest BCUT2D eigenvalue weighted by molar-refractivity contribution is 7.13. The van der Waals surface area contributed by atoms with Crippen molar-refractivity contribution in [3.05, 3.63) is 40.4 Å². The van der Waals surface area contributed by atoms with E-state index in [4.69, 9.17) is 0 Å². The van der Waals surface area contributed by atoms with E-state index in [1.54, 1.807) is 5.51 Å². The smallest absolute Gasteiger partial charge is 0.205 e. The molecule has 0 fully saturated rings. The summed E-state index contributed by atoms with van der Waals surface area (Å²) in [7, 11) is 0. The predicted octanol–water partition coefficient (Wildman–Crippen LogP) is 3.20. The summed E-state index contributed by atoms with van der Waals surface area (Å²) in [5, 5.41) is 12.1. The van der Waals surface area contributed by atoms with E-state index >= 15 is 0 Å². The molecule has 2 aromatic rings. The molecule has 1 aromatic heterocycles. The van der Waals surface area contributed by atoms with Crippen LogP contribution in [0.25, 0.3) is 0 Å². The number of hydrogen-bond donors (Lipinski definition) is 1. The van der Waals surface area contributed by atoms with Crippen LogP contribution in [0.15, 0.2) is 23.7 Å². The number of anilines is 1. The average molecular weight is 245 g/mol. The number of fused-ring (bicyclic) bond motifs is 1. The minimum atomic E-state index is 0.286. The fraction of sp³-hybridized carbons (Fsp3) is 0.385. The Kier molecular flexibility index (Phi) is 2.81. The summed E-state index contributed by atoms with van der Waals surface area (Å²) in [5.74, 6) is 0. The Hall–Kier alpha value is -1.42. The molecule has 3 nitrogen and oxygen atoms in total. The van der Waals surface area contributed by atoms with Crippen LogP contribution in [-0.4, -0.2) is 10.2 Å². The molecule has 0 spiro atoms. The first-order valence-electron chi connectivity index (χ1n) is 5.97. The highest BCUT2D eigenvalue weighted by atomic mass is 32.1. The van der Waals surface area contributed by atoms with Crippen LogP contribution in [0.2, 0.25) is 0 Å². The van der Waals surface area contributed by atoms with Crippen molar-refractivity contribution in [1.29, 1.82) is 0 Å². The quantitative estimate of drug-likeness (QED) is 0.902. The molecule has 17 heavy (non-hydrogen) atoms. The maximum Gasteiger partial charge on any atom is 0.205 e. The molecule has 0 saturated carbocycles. The molecular formula is C13H15N3S. The fourth-order valence-electron chi connectivity index (χ4n) is 2.37. The van der Waals surface area contributed by atoms with Crippen molar-refractivity contribution in [3.63, 3.8) is 0 Å². The maximum absolute atomic E-state index is 4.01. The average Bonchev–Trinajstić information content (AvgIpc) is 2.97. The van der Waals surface area contributed by atoms with E-state index < -0.39 is 0 Å². The normalized spacial score (nSPS) is 15.6. The molecule has 88 valence electrons. The highest BCUT2D eigenvalue weighted by Gasteiger charge is 2.13. The van der Waals surface area contributed by atoms with Crippen LogP contribution in [0.1, 0.15) is 36.1 Å². The lowest BCUT2D eigenvalue weighted by Gasteiger charge is -2.14. The number of hydrogen-bond acceptors (Lipinski definition) is 4. The van der Waals surface area contributed by atoms with Gasteiger partial charge in [-0.2, -0.15) is 0 Å². The summed E-state index contributed by atoms with van der Waals surface area (Å²) < 4.78 is 0. The third kappa shape index (κ3) is 2.17. The molecule has 1 heterocycles. The van der Waals surface area contributed by atoms with Crippen LogP contribution in [0.5, 0.6) is 0 Å². The lowest BCUT2D eigenvalue weighted by molar-refractivity contribution is 0.869. The largest absolute Gasteiger partial charge is 0.354 e.